The van der Waals surface area contributed by atoms with Crippen LogP contribution in [0.4, 0.5) is 26.3 Å². The van der Waals surface area contributed by atoms with Gasteiger partial charge >= 0.3 is 12.4 Å². The number of rotatable bonds is 3. The predicted molar refractivity (Wildman–Crippen MR) is 81.6 cm³/mol. The van der Waals surface area contributed by atoms with Crippen LogP contribution in [-0.2, 0) is 12.4 Å². The minimum atomic E-state index is -4.98. The second kappa shape index (κ2) is 8.09. The highest BCUT2D eigenvalue weighted by Gasteiger charge is 2.37. The number of carbonyl (C=O) groups is 1. The predicted octanol–water partition coefficient (Wildman–Crippen LogP) is 3.80. The van der Waals surface area contributed by atoms with Crippen LogP contribution in [0.5, 0.6) is 0 Å². The number of halogens is 7. The van der Waals surface area contributed by atoms with Crippen LogP contribution < -0.4 is 10.6 Å². The lowest BCUT2D eigenvalue weighted by atomic mass is 10.0. The Bertz CT molecular complexity index is 622. The molecular weight excluding hydrogens is 374 g/mol. The topological polar surface area (TPSA) is 41.1 Å². The third-order valence-corrected chi connectivity index (χ3v) is 3.48. The van der Waals surface area contributed by atoms with E-state index in [1.807, 2.05) is 6.08 Å². The number of amides is 1. The molecule has 3 nitrogen and oxygen atoms in total. The smallest absolute Gasteiger partial charge is 0.348 e. The maximum atomic E-state index is 12.8. The largest absolute Gasteiger partial charge is 0.416 e. The first-order valence-corrected chi connectivity index (χ1v) is 7.03. The van der Waals surface area contributed by atoms with E-state index in [-0.39, 0.29) is 25.0 Å². The van der Waals surface area contributed by atoms with Crippen molar-refractivity contribution >= 4 is 18.3 Å². The van der Waals surface area contributed by atoms with Gasteiger partial charge in [-0.15, -0.1) is 12.4 Å². The quantitative estimate of drug-likeness (QED) is 0.611. The van der Waals surface area contributed by atoms with Crippen molar-refractivity contribution in [3.8, 4) is 0 Å². The highest BCUT2D eigenvalue weighted by Crippen LogP contribution is 2.36. The molecule has 0 unspecified atom stereocenters. The first-order valence-electron chi connectivity index (χ1n) is 7.03. The minimum Gasteiger partial charge on any atom is -0.348 e. The Labute approximate surface area is 145 Å². The third kappa shape index (κ3) is 5.93. The van der Waals surface area contributed by atoms with E-state index in [0.717, 1.165) is 5.57 Å². The van der Waals surface area contributed by atoms with E-state index in [0.29, 0.717) is 31.6 Å². The zero-order valence-corrected chi connectivity index (χ0v) is 13.5. The van der Waals surface area contributed by atoms with E-state index in [9.17, 15) is 31.1 Å². The van der Waals surface area contributed by atoms with Crippen LogP contribution in [0, 0.1) is 0 Å². The first kappa shape index (κ1) is 21.3. The highest BCUT2D eigenvalue weighted by molar-refractivity contribution is 5.94. The molecule has 1 heterocycles. The molecular formula is C15H15ClF6N2O. The minimum absolute atomic E-state index is 0. The van der Waals surface area contributed by atoms with Crippen molar-refractivity contribution in [1.82, 2.24) is 10.6 Å². The van der Waals surface area contributed by atoms with Gasteiger partial charge in [-0.3, -0.25) is 4.79 Å². The lowest BCUT2D eigenvalue weighted by Gasteiger charge is -2.16. The lowest BCUT2D eigenvalue weighted by molar-refractivity contribution is -0.143. The van der Waals surface area contributed by atoms with E-state index >= 15 is 0 Å². The number of carbonyl (C=O) groups excluding carboxylic acids is 1. The summed E-state index contributed by atoms with van der Waals surface area (Å²) in [7, 11) is 0. The monoisotopic (exact) mass is 388 g/mol. The van der Waals surface area contributed by atoms with Gasteiger partial charge in [0.05, 0.1) is 11.1 Å². The second-order valence-electron chi connectivity index (χ2n) is 5.29. The standard InChI is InChI=1S/C15H14F6N2O.ClH/c16-14(17,18)11-5-10(6-12(7-11)15(19,20)21)13(24)23-8-9-1-3-22-4-2-9;/h1,5-7,22H,2-4,8H2,(H,23,24);1H. The van der Waals surface area contributed by atoms with Crippen LogP contribution in [0.2, 0.25) is 0 Å². The summed E-state index contributed by atoms with van der Waals surface area (Å²) in [6.07, 6.45) is -7.49. The summed E-state index contributed by atoms with van der Waals surface area (Å²) in [4.78, 5) is 12.0. The van der Waals surface area contributed by atoms with Gasteiger partial charge in [-0.05, 0) is 31.2 Å². The number of hydrogen-bond acceptors (Lipinski definition) is 2. The molecule has 1 aliphatic heterocycles. The molecule has 0 atom stereocenters. The highest BCUT2D eigenvalue weighted by atomic mass is 35.5. The fourth-order valence-corrected chi connectivity index (χ4v) is 2.21. The van der Waals surface area contributed by atoms with Crippen molar-refractivity contribution < 1.29 is 31.1 Å². The SMILES string of the molecule is Cl.O=C(NCC1=CCNCC1)c1cc(C(F)(F)F)cc(C(F)(F)F)c1. The summed E-state index contributed by atoms with van der Waals surface area (Å²) in [5, 5.41) is 5.40. The van der Waals surface area contributed by atoms with Crippen molar-refractivity contribution in [1.29, 1.82) is 0 Å². The van der Waals surface area contributed by atoms with E-state index < -0.39 is 35.0 Å². The van der Waals surface area contributed by atoms with Gasteiger partial charge in [-0.2, -0.15) is 26.3 Å². The van der Waals surface area contributed by atoms with E-state index in [1.54, 1.807) is 0 Å². The van der Waals surface area contributed by atoms with Crippen LogP contribution >= 0.6 is 12.4 Å². The average molecular weight is 389 g/mol. The zero-order valence-electron chi connectivity index (χ0n) is 12.7. The number of benzene rings is 1. The van der Waals surface area contributed by atoms with E-state index in [4.69, 9.17) is 0 Å². The molecule has 2 rings (SSSR count). The lowest BCUT2D eigenvalue weighted by Crippen LogP contribution is -2.30. The Morgan fingerprint density at radius 3 is 2.04 bits per heavy atom. The Morgan fingerprint density at radius 1 is 1.04 bits per heavy atom. The molecule has 0 fully saturated rings. The molecule has 0 saturated heterocycles. The maximum Gasteiger partial charge on any atom is 0.416 e. The Morgan fingerprint density at radius 2 is 1.60 bits per heavy atom. The van der Waals surface area contributed by atoms with Crippen LogP contribution in [-0.4, -0.2) is 25.5 Å². The summed E-state index contributed by atoms with van der Waals surface area (Å²) < 4.78 is 76.6. The molecule has 0 bridgehead atoms. The van der Waals surface area contributed by atoms with E-state index in [1.165, 1.54) is 0 Å². The molecule has 0 saturated carbocycles. The molecule has 1 aliphatic rings. The molecule has 2 N–H and O–H groups in total. The fourth-order valence-electron chi connectivity index (χ4n) is 2.21. The van der Waals surface area contributed by atoms with Gasteiger partial charge in [0.1, 0.15) is 0 Å². The van der Waals surface area contributed by atoms with Crippen molar-refractivity contribution in [2.24, 2.45) is 0 Å². The van der Waals surface area contributed by atoms with E-state index in [2.05, 4.69) is 10.6 Å². The summed E-state index contributed by atoms with van der Waals surface area (Å²) >= 11 is 0. The molecule has 1 aromatic carbocycles. The van der Waals surface area contributed by atoms with Gasteiger partial charge in [0.2, 0.25) is 0 Å². The second-order valence-corrected chi connectivity index (χ2v) is 5.29. The summed E-state index contributed by atoms with van der Waals surface area (Å²) in [5.74, 6) is -0.981. The molecule has 1 amide bonds. The molecule has 0 radical (unpaired) electrons. The van der Waals surface area contributed by atoms with Gasteiger partial charge in [0.25, 0.3) is 5.91 Å². The van der Waals surface area contributed by atoms with Crippen LogP contribution in [0.3, 0.4) is 0 Å². The Hall–Kier alpha value is -1.74. The molecule has 25 heavy (non-hydrogen) atoms. The Kier molecular flexibility index (Phi) is 6.90. The van der Waals surface area contributed by atoms with Gasteiger partial charge in [-0.25, -0.2) is 0 Å². The fraction of sp³-hybridized carbons (Fsp3) is 0.400. The van der Waals surface area contributed by atoms with Gasteiger partial charge in [0.15, 0.2) is 0 Å². The summed E-state index contributed by atoms with van der Waals surface area (Å²) in [6, 6.07) is 0.828. The van der Waals surface area contributed by atoms with Crippen LogP contribution in [0.15, 0.2) is 29.8 Å². The molecule has 10 heteroatoms. The summed E-state index contributed by atoms with van der Waals surface area (Å²) in [5.41, 5.74) is -2.83. The first-order chi connectivity index (χ1) is 11.1. The summed E-state index contributed by atoms with van der Waals surface area (Å²) in [6.45, 7) is 1.38. The number of nitrogens with one attached hydrogen (secondary N) is 2. The van der Waals surface area contributed by atoms with Crippen LogP contribution in [0.25, 0.3) is 0 Å². The third-order valence-electron chi connectivity index (χ3n) is 3.48. The molecule has 0 aromatic heterocycles. The maximum absolute atomic E-state index is 12.8. The van der Waals surface area contributed by atoms with Crippen molar-refractivity contribution in [2.75, 3.05) is 19.6 Å². The van der Waals surface area contributed by atoms with Gasteiger partial charge < -0.3 is 10.6 Å². The van der Waals surface area contributed by atoms with Gasteiger partial charge in [0, 0.05) is 18.7 Å². The Balaban J connectivity index is 0.00000312. The zero-order chi connectivity index (χ0) is 18.0. The molecule has 0 aliphatic carbocycles. The molecule has 0 spiro atoms. The van der Waals surface area contributed by atoms with Crippen molar-refractivity contribution in [3.63, 3.8) is 0 Å². The normalized spacial score (nSPS) is 15.2. The average Bonchev–Trinajstić information content (AvgIpc) is 2.51. The molecule has 140 valence electrons. The number of hydrogen-bond donors (Lipinski definition) is 2. The van der Waals surface area contributed by atoms with Gasteiger partial charge in [-0.1, -0.05) is 11.6 Å². The van der Waals surface area contributed by atoms with Crippen molar-refractivity contribution in [3.05, 3.63) is 46.5 Å². The van der Waals surface area contributed by atoms with Crippen LogP contribution in [0.1, 0.15) is 27.9 Å². The van der Waals surface area contributed by atoms with Crippen molar-refractivity contribution in [2.45, 2.75) is 18.8 Å². The number of alkyl halides is 6. The molecule has 1 aromatic rings.